The Hall–Kier alpha value is 0.250. The van der Waals surface area contributed by atoms with Gasteiger partial charge in [0.05, 0.1) is 11.7 Å². The van der Waals surface area contributed by atoms with Gasteiger partial charge >= 0.3 is 0 Å². The number of hydrogen-bond acceptors (Lipinski definition) is 1. The van der Waals surface area contributed by atoms with Gasteiger partial charge in [0.25, 0.3) is 0 Å². The maximum absolute atomic E-state index is 5.97. The predicted octanol–water partition coefficient (Wildman–Crippen LogP) is 3.99. The van der Waals surface area contributed by atoms with Crippen LogP contribution in [0.5, 0.6) is 0 Å². The van der Waals surface area contributed by atoms with Gasteiger partial charge < -0.3 is 4.74 Å². The summed E-state index contributed by atoms with van der Waals surface area (Å²) in [4.78, 5) is 0. The average molecular weight is 219 g/mol. The first-order valence-corrected chi connectivity index (χ1v) is 6.14. The summed E-state index contributed by atoms with van der Waals surface area (Å²) in [5.74, 6) is 0.682. The standard InChI is InChI=1S/C12H23ClO/c1-9(7-10(2)13)8-11-5-6-12(3,4)14-11/h9-11H,5-8H2,1-4H3. The second kappa shape index (κ2) is 4.85. The van der Waals surface area contributed by atoms with Crippen molar-refractivity contribution in [3.8, 4) is 0 Å². The largest absolute Gasteiger partial charge is 0.372 e. The number of halogens is 1. The molecule has 84 valence electrons. The first-order chi connectivity index (χ1) is 6.39. The van der Waals surface area contributed by atoms with Crippen LogP contribution in [0, 0.1) is 5.92 Å². The van der Waals surface area contributed by atoms with E-state index in [1.165, 1.54) is 19.3 Å². The molecule has 0 bridgehead atoms. The highest BCUT2D eigenvalue weighted by atomic mass is 35.5. The lowest BCUT2D eigenvalue weighted by atomic mass is 9.96. The average Bonchev–Trinajstić information content (AvgIpc) is 2.27. The summed E-state index contributed by atoms with van der Waals surface area (Å²) in [7, 11) is 0. The zero-order valence-electron chi connectivity index (χ0n) is 9.85. The van der Waals surface area contributed by atoms with Crippen molar-refractivity contribution in [2.45, 2.75) is 70.5 Å². The highest BCUT2D eigenvalue weighted by Crippen LogP contribution is 2.33. The Morgan fingerprint density at radius 2 is 2.07 bits per heavy atom. The van der Waals surface area contributed by atoms with Crippen molar-refractivity contribution in [1.29, 1.82) is 0 Å². The van der Waals surface area contributed by atoms with Crippen LogP contribution in [-0.4, -0.2) is 17.1 Å². The Kier molecular flexibility index (Phi) is 4.27. The van der Waals surface area contributed by atoms with E-state index in [4.69, 9.17) is 16.3 Å². The van der Waals surface area contributed by atoms with Gasteiger partial charge in [0.2, 0.25) is 0 Å². The minimum Gasteiger partial charge on any atom is -0.372 e. The summed E-state index contributed by atoms with van der Waals surface area (Å²) in [6.45, 7) is 8.70. The Morgan fingerprint density at radius 3 is 2.50 bits per heavy atom. The molecule has 0 amide bonds. The van der Waals surface area contributed by atoms with E-state index in [0.29, 0.717) is 17.4 Å². The fraction of sp³-hybridized carbons (Fsp3) is 1.00. The quantitative estimate of drug-likeness (QED) is 0.649. The van der Waals surface area contributed by atoms with E-state index in [-0.39, 0.29) is 5.60 Å². The van der Waals surface area contributed by atoms with Gasteiger partial charge in [-0.05, 0) is 52.4 Å². The lowest BCUT2D eigenvalue weighted by molar-refractivity contribution is -0.0239. The third kappa shape index (κ3) is 4.18. The zero-order valence-corrected chi connectivity index (χ0v) is 10.6. The SMILES string of the molecule is CC(Cl)CC(C)CC1CCC(C)(C)O1. The van der Waals surface area contributed by atoms with Crippen LogP contribution in [0.2, 0.25) is 0 Å². The molecule has 0 N–H and O–H groups in total. The fourth-order valence-corrected chi connectivity index (χ4v) is 2.65. The van der Waals surface area contributed by atoms with E-state index in [0.717, 1.165) is 6.42 Å². The van der Waals surface area contributed by atoms with E-state index in [1.54, 1.807) is 0 Å². The Balaban J connectivity index is 2.25. The van der Waals surface area contributed by atoms with Gasteiger partial charge in [-0.15, -0.1) is 11.6 Å². The maximum atomic E-state index is 5.97. The maximum Gasteiger partial charge on any atom is 0.0631 e. The van der Waals surface area contributed by atoms with Crippen molar-refractivity contribution in [2.24, 2.45) is 5.92 Å². The molecule has 0 saturated carbocycles. The first-order valence-electron chi connectivity index (χ1n) is 5.71. The second-order valence-corrected chi connectivity index (χ2v) is 6.14. The summed E-state index contributed by atoms with van der Waals surface area (Å²) in [6.07, 6.45) is 5.15. The molecule has 0 aromatic carbocycles. The van der Waals surface area contributed by atoms with Crippen LogP contribution >= 0.6 is 11.6 Å². The Morgan fingerprint density at radius 1 is 1.43 bits per heavy atom. The van der Waals surface area contributed by atoms with E-state index in [2.05, 4.69) is 27.7 Å². The van der Waals surface area contributed by atoms with Crippen LogP contribution in [0.4, 0.5) is 0 Å². The molecule has 3 atom stereocenters. The minimum absolute atomic E-state index is 0.108. The zero-order chi connectivity index (χ0) is 10.8. The van der Waals surface area contributed by atoms with Crippen molar-refractivity contribution in [3.63, 3.8) is 0 Å². The van der Waals surface area contributed by atoms with Crippen LogP contribution in [0.25, 0.3) is 0 Å². The topological polar surface area (TPSA) is 9.23 Å². The fourth-order valence-electron chi connectivity index (χ4n) is 2.34. The molecule has 0 radical (unpaired) electrons. The van der Waals surface area contributed by atoms with E-state index in [9.17, 15) is 0 Å². The lowest BCUT2D eigenvalue weighted by Gasteiger charge is -2.21. The molecule has 3 unspecified atom stereocenters. The minimum atomic E-state index is 0.108. The normalized spacial score (nSPS) is 30.2. The summed E-state index contributed by atoms with van der Waals surface area (Å²) in [5.41, 5.74) is 0.108. The Labute approximate surface area is 93.2 Å². The molecule has 0 spiro atoms. The van der Waals surface area contributed by atoms with E-state index < -0.39 is 0 Å². The molecule has 14 heavy (non-hydrogen) atoms. The number of alkyl halides is 1. The number of hydrogen-bond donors (Lipinski definition) is 0. The molecule has 0 aromatic heterocycles. The first kappa shape index (κ1) is 12.3. The molecule has 1 heterocycles. The molecule has 0 aromatic rings. The third-order valence-electron chi connectivity index (χ3n) is 2.95. The highest BCUT2D eigenvalue weighted by Gasteiger charge is 2.32. The van der Waals surface area contributed by atoms with Crippen molar-refractivity contribution < 1.29 is 4.74 Å². The van der Waals surface area contributed by atoms with E-state index in [1.807, 2.05) is 0 Å². The molecule has 1 aliphatic heterocycles. The lowest BCUT2D eigenvalue weighted by Crippen LogP contribution is -2.21. The number of ether oxygens (including phenoxy) is 1. The molecule has 1 aliphatic rings. The summed E-state index contributed by atoms with van der Waals surface area (Å²) >= 11 is 5.97. The van der Waals surface area contributed by atoms with Crippen molar-refractivity contribution in [1.82, 2.24) is 0 Å². The summed E-state index contributed by atoms with van der Waals surface area (Å²) < 4.78 is 5.96. The van der Waals surface area contributed by atoms with Gasteiger partial charge in [-0.25, -0.2) is 0 Å². The van der Waals surface area contributed by atoms with Gasteiger partial charge in [0.1, 0.15) is 0 Å². The van der Waals surface area contributed by atoms with Gasteiger partial charge in [0.15, 0.2) is 0 Å². The van der Waals surface area contributed by atoms with E-state index >= 15 is 0 Å². The van der Waals surface area contributed by atoms with Crippen molar-refractivity contribution in [2.75, 3.05) is 0 Å². The third-order valence-corrected chi connectivity index (χ3v) is 3.12. The van der Waals surface area contributed by atoms with Crippen LogP contribution in [0.15, 0.2) is 0 Å². The monoisotopic (exact) mass is 218 g/mol. The van der Waals surface area contributed by atoms with Crippen molar-refractivity contribution in [3.05, 3.63) is 0 Å². The summed E-state index contributed by atoms with van der Waals surface area (Å²) in [5, 5.41) is 0.291. The Bertz CT molecular complexity index is 177. The molecule has 1 fully saturated rings. The molecular weight excluding hydrogens is 196 g/mol. The van der Waals surface area contributed by atoms with Gasteiger partial charge in [0, 0.05) is 5.38 Å². The molecule has 0 aliphatic carbocycles. The van der Waals surface area contributed by atoms with Crippen LogP contribution in [-0.2, 0) is 4.74 Å². The van der Waals surface area contributed by atoms with Crippen LogP contribution < -0.4 is 0 Å². The number of rotatable bonds is 4. The molecular formula is C12H23ClO. The van der Waals surface area contributed by atoms with Gasteiger partial charge in [-0.3, -0.25) is 0 Å². The van der Waals surface area contributed by atoms with Crippen LogP contribution in [0.3, 0.4) is 0 Å². The molecule has 1 rings (SSSR count). The predicted molar refractivity (Wildman–Crippen MR) is 61.9 cm³/mol. The van der Waals surface area contributed by atoms with Gasteiger partial charge in [-0.2, -0.15) is 0 Å². The highest BCUT2D eigenvalue weighted by molar-refractivity contribution is 6.20. The molecule has 1 nitrogen and oxygen atoms in total. The van der Waals surface area contributed by atoms with Crippen molar-refractivity contribution >= 4 is 11.6 Å². The van der Waals surface area contributed by atoms with Gasteiger partial charge in [-0.1, -0.05) is 6.92 Å². The molecule has 1 saturated heterocycles. The smallest absolute Gasteiger partial charge is 0.0631 e. The molecule has 2 heteroatoms. The summed E-state index contributed by atoms with van der Waals surface area (Å²) in [6, 6.07) is 0. The second-order valence-electron chi connectivity index (χ2n) is 5.40. The van der Waals surface area contributed by atoms with Crippen LogP contribution in [0.1, 0.15) is 53.4 Å².